The topological polar surface area (TPSA) is 79.0 Å². The van der Waals surface area contributed by atoms with Gasteiger partial charge in [0.25, 0.3) is 0 Å². The molecule has 31 heavy (non-hydrogen) atoms. The van der Waals surface area contributed by atoms with E-state index in [1.54, 1.807) is 12.1 Å². The van der Waals surface area contributed by atoms with E-state index in [0.717, 1.165) is 38.0 Å². The second-order valence-electron chi connectivity index (χ2n) is 8.98. The minimum Gasteiger partial charge on any atom is -0.379 e. The Morgan fingerprint density at radius 2 is 1.71 bits per heavy atom. The fourth-order valence-corrected chi connectivity index (χ4v) is 6.40. The summed E-state index contributed by atoms with van der Waals surface area (Å²) in [6, 6.07) is 5.18. The van der Waals surface area contributed by atoms with Gasteiger partial charge in [0.05, 0.1) is 29.5 Å². The minimum absolute atomic E-state index is 0.0214. The Balaban J connectivity index is 1.51. The molecule has 1 saturated carbocycles. The first-order valence-corrected chi connectivity index (χ1v) is 13.2. The maximum absolute atomic E-state index is 13.1. The number of anilines is 2. The lowest BCUT2D eigenvalue weighted by molar-refractivity contribution is -0.116. The summed E-state index contributed by atoms with van der Waals surface area (Å²) in [4.78, 5) is 15.3. The summed E-state index contributed by atoms with van der Waals surface area (Å²) in [5.74, 6) is 0.623. The lowest BCUT2D eigenvalue weighted by Crippen LogP contribution is -2.40. The summed E-state index contributed by atoms with van der Waals surface area (Å²) >= 11 is 0. The van der Waals surface area contributed by atoms with Gasteiger partial charge in [0.2, 0.25) is 15.9 Å². The fraction of sp³-hybridized carbons (Fsp3) is 0.696. The van der Waals surface area contributed by atoms with Crippen molar-refractivity contribution >= 4 is 27.3 Å². The third-order valence-corrected chi connectivity index (χ3v) is 8.70. The molecule has 1 aliphatic carbocycles. The predicted molar refractivity (Wildman–Crippen MR) is 122 cm³/mol. The van der Waals surface area contributed by atoms with Crippen molar-refractivity contribution in [3.8, 4) is 0 Å². The number of nitrogens with zero attached hydrogens (tertiary/aromatic N) is 2. The maximum Gasteiger partial charge on any atom is 0.243 e. The molecule has 1 aromatic carbocycles. The van der Waals surface area contributed by atoms with Crippen molar-refractivity contribution < 1.29 is 17.9 Å². The number of morpholine rings is 1. The highest BCUT2D eigenvalue weighted by Crippen LogP contribution is 2.33. The van der Waals surface area contributed by atoms with Gasteiger partial charge >= 0.3 is 0 Å². The van der Waals surface area contributed by atoms with E-state index in [1.807, 2.05) is 6.07 Å². The molecule has 1 amide bonds. The molecule has 0 radical (unpaired) electrons. The van der Waals surface area contributed by atoms with Crippen LogP contribution in [0.2, 0.25) is 0 Å². The summed E-state index contributed by atoms with van der Waals surface area (Å²) in [7, 11) is -3.61. The molecule has 0 spiro atoms. The normalized spacial score (nSPS) is 21.4. The molecule has 3 aliphatic rings. The van der Waals surface area contributed by atoms with E-state index in [0.29, 0.717) is 44.3 Å². The van der Waals surface area contributed by atoms with Crippen molar-refractivity contribution in [3.63, 3.8) is 0 Å². The van der Waals surface area contributed by atoms with Gasteiger partial charge in [-0.05, 0) is 43.4 Å². The van der Waals surface area contributed by atoms with Crippen LogP contribution in [-0.4, -0.2) is 58.0 Å². The molecule has 0 unspecified atom stereocenters. The number of nitrogens with one attached hydrogen (secondary N) is 1. The van der Waals surface area contributed by atoms with Gasteiger partial charge in [0.1, 0.15) is 0 Å². The van der Waals surface area contributed by atoms with Gasteiger partial charge in [0, 0.05) is 32.6 Å². The van der Waals surface area contributed by atoms with Crippen LogP contribution in [-0.2, 0) is 19.6 Å². The lowest BCUT2D eigenvalue weighted by Gasteiger charge is -2.27. The summed E-state index contributed by atoms with van der Waals surface area (Å²) in [6.07, 6.45) is 9.93. The van der Waals surface area contributed by atoms with E-state index in [4.69, 9.17) is 4.74 Å². The highest BCUT2D eigenvalue weighted by Gasteiger charge is 2.28. The van der Waals surface area contributed by atoms with E-state index < -0.39 is 10.0 Å². The van der Waals surface area contributed by atoms with Gasteiger partial charge in [-0.15, -0.1) is 0 Å². The van der Waals surface area contributed by atoms with E-state index in [2.05, 4.69) is 10.2 Å². The molecule has 4 rings (SSSR count). The number of rotatable bonds is 7. The third kappa shape index (κ3) is 5.59. The molecule has 172 valence electrons. The largest absolute Gasteiger partial charge is 0.379 e. The van der Waals surface area contributed by atoms with E-state index >= 15 is 0 Å². The second kappa shape index (κ2) is 10.3. The highest BCUT2D eigenvalue weighted by atomic mass is 32.2. The second-order valence-corrected chi connectivity index (χ2v) is 10.9. The molecule has 7 nitrogen and oxygen atoms in total. The Morgan fingerprint density at radius 1 is 1.00 bits per heavy atom. The zero-order chi connectivity index (χ0) is 21.7. The summed E-state index contributed by atoms with van der Waals surface area (Å²) in [5, 5.41) is 3.05. The van der Waals surface area contributed by atoms with Crippen LogP contribution in [0, 0.1) is 5.92 Å². The molecule has 0 bridgehead atoms. The van der Waals surface area contributed by atoms with Crippen molar-refractivity contribution in [1.29, 1.82) is 0 Å². The van der Waals surface area contributed by atoms with Crippen LogP contribution in [0.3, 0.4) is 0 Å². The van der Waals surface area contributed by atoms with Gasteiger partial charge in [-0.1, -0.05) is 32.1 Å². The number of carbonyl (C=O) groups excluding carboxylic acids is 1. The number of sulfonamides is 1. The smallest absolute Gasteiger partial charge is 0.243 e. The van der Waals surface area contributed by atoms with Gasteiger partial charge in [-0.3, -0.25) is 4.79 Å². The Hall–Kier alpha value is -1.64. The van der Waals surface area contributed by atoms with Crippen molar-refractivity contribution in [1.82, 2.24) is 4.31 Å². The van der Waals surface area contributed by atoms with Crippen LogP contribution in [0.15, 0.2) is 23.1 Å². The average molecular weight is 450 g/mol. The number of hydrogen-bond donors (Lipinski definition) is 1. The molecule has 3 fully saturated rings. The van der Waals surface area contributed by atoms with Crippen LogP contribution in [0.5, 0.6) is 0 Å². The Bertz CT molecular complexity index is 856. The van der Waals surface area contributed by atoms with E-state index in [9.17, 15) is 13.2 Å². The first-order valence-electron chi connectivity index (χ1n) is 11.8. The Labute approximate surface area is 186 Å². The average Bonchev–Trinajstić information content (AvgIpc) is 3.34. The van der Waals surface area contributed by atoms with Gasteiger partial charge in [0.15, 0.2) is 0 Å². The molecule has 1 aromatic rings. The van der Waals surface area contributed by atoms with Crippen molar-refractivity contribution in [2.24, 2.45) is 5.92 Å². The molecular weight excluding hydrogens is 414 g/mol. The van der Waals surface area contributed by atoms with Crippen LogP contribution < -0.4 is 10.2 Å². The molecule has 0 atom stereocenters. The fourth-order valence-electron chi connectivity index (χ4n) is 4.97. The van der Waals surface area contributed by atoms with Crippen molar-refractivity contribution in [3.05, 3.63) is 18.2 Å². The highest BCUT2D eigenvalue weighted by molar-refractivity contribution is 7.89. The zero-order valence-corrected chi connectivity index (χ0v) is 19.2. The zero-order valence-electron chi connectivity index (χ0n) is 18.4. The number of benzene rings is 1. The molecule has 2 saturated heterocycles. The summed E-state index contributed by atoms with van der Waals surface area (Å²) in [5.41, 5.74) is 1.54. The summed E-state index contributed by atoms with van der Waals surface area (Å²) in [6.45, 7) is 3.41. The van der Waals surface area contributed by atoms with Crippen molar-refractivity contribution in [2.45, 2.75) is 62.7 Å². The quantitative estimate of drug-likeness (QED) is 0.688. The first-order chi connectivity index (χ1) is 15.0. The number of carbonyl (C=O) groups is 1. The minimum atomic E-state index is -3.61. The molecule has 0 aromatic heterocycles. The standard InChI is InChI=1S/C23H35N3O4S/c27-23(11-8-19-6-2-1-3-7-19)24-21-18-20(9-10-22(21)25-12-4-5-13-25)31(28,29)26-14-16-30-17-15-26/h9-10,18-19H,1-8,11-17H2,(H,24,27). The lowest BCUT2D eigenvalue weighted by atomic mass is 9.86. The number of amides is 1. The van der Waals surface area contributed by atoms with E-state index in [1.165, 1.54) is 36.4 Å². The van der Waals surface area contributed by atoms with Crippen LogP contribution >= 0.6 is 0 Å². The molecule has 2 aliphatic heterocycles. The third-order valence-electron chi connectivity index (χ3n) is 6.80. The maximum atomic E-state index is 13.1. The molecule has 1 N–H and O–H groups in total. The summed E-state index contributed by atoms with van der Waals surface area (Å²) < 4.78 is 33.0. The Kier molecular flexibility index (Phi) is 7.51. The van der Waals surface area contributed by atoms with Crippen LogP contribution in [0.1, 0.15) is 57.8 Å². The monoisotopic (exact) mass is 449 g/mol. The molecule has 2 heterocycles. The molecule has 8 heteroatoms. The van der Waals surface area contributed by atoms with Crippen molar-refractivity contribution in [2.75, 3.05) is 49.6 Å². The van der Waals surface area contributed by atoms with Gasteiger partial charge in [-0.25, -0.2) is 8.42 Å². The SMILES string of the molecule is O=C(CCC1CCCCC1)Nc1cc(S(=O)(=O)N2CCOCC2)ccc1N1CCCC1. The predicted octanol–water partition coefficient (Wildman–Crippen LogP) is 3.61. The van der Waals surface area contributed by atoms with E-state index in [-0.39, 0.29) is 10.8 Å². The first kappa shape index (κ1) is 22.6. The number of ether oxygens (including phenoxy) is 1. The van der Waals surface area contributed by atoms with Crippen LogP contribution in [0.25, 0.3) is 0 Å². The van der Waals surface area contributed by atoms with Gasteiger partial charge in [-0.2, -0.15) is 4.31 Å². The Morgan fingerprint density at radius 3 is 2.42 bits per heavy atom. The van der Waals surface area contributed by atoms with Gasteiger partial charge < -0.3 is 15.0 Å². The van der Waals surface area contributed by atoms with Crippen LogP contribution in [0.4, 0.5) is 11.4 Å². The molecular formula is C23H35N3O4S. The number of hydrogen-bond acceptors (Lipinski definition) is 5.